The van der Waals surface area contributed by atoms with Gasteiger partial charge in [0.05, 0.1) is 106 Å². The molecule has 0 saturated heterocycles. The summed E-state index contributed by atoms with van der Waals surface area (Å²) in [7, 11) is 0. The molecular weight excluding hydrogens is 971 g/mol. The number of esters is 4. The molecular formula is C56H101N3O16. The first kappa shape index (κ1) is 71.4. The third-order valence-corrected chi connectivity index (χ3v) is 10.5. The van der Waals surface area contributed by atoms with Gasteiger partial charge in [-0.25, -0.2) is 0 Å². The van der Waals surface area contributed by atoms with E-state index >= 15 is 0 Å². The average molecular weight is 1070 g/mol. The Kier molecular flexibility index (Phi) is 56.8. The van der Waals surface area contributed by atoms with Gasteiger partial charge in [-0.3, -0.25) is 29.0 Å². The van der Waals surface area contributed by atoms with E-state index in [9.17, 15) is 19.2 Å². The van der Waals surface area contributed by atoms with Gasteiger partial charge >= 0.3 is 23.9 Å². The van der Waals surface area contributed by atoms with Gasteiger partial charge in [0, 0.05) is 78.0 Å². The maximum absolute atomic E-state index is 11.9. The number of carbonyl (C=O) groups excluding carboxylic acids is 4. The predicted molar refractivity (Wildman–Crippen MR) is 291 cm³/mol. The maximum Gasteiger partial charge on any atom is 0.306 e. The Balaban J connectivity index is 4.88. The summed E-state index contributed by atoms with van der Waals surface area (Å²) < 4.78 is 66.8. The van der Waals surface area contributed by atoms with Gasteiger partial charge in [-0.2, -0.15) is 0 Å². The number of hydrogen-bond acceptors (Lipinski definition) is 19. The molecule has 0 aromatic rings. The highest BCUT2D eigenvalue weighted by Crippen LogP contribution is 2.00. The van der Waals surface area contributed by atoms with Crippen LogP contribution in [0, 0.1) is 0 Å². The average Bonchev–Trinajstić information content (AvgIpc) is 3.40. The molecule has 0 saturated carbocycles. The molecule has 1 N–H and O–H groups in total. The molecule has 19 nitrogen and oxygen atoms in total. The van der Waals surface area contributed by atoms with Crippen LogP contribution >= 0.6 is 0 Å². The first-order valence-electron chi connectivity index (χ1n) is 27.9. The van der Waals surface area contributed by atoms with Crippen LogP contribution in [-0.4, -0.2) is 218 Å². The highest BCUT2D eigenvalue weighted by Gasteiger charge is 2.10. The zero-order valence-corrected chi connectivity index (χ0v) is 46.8. The highest BCUT2D eigenvalue weighted by molar-refractivity contribution is 5.70. The lowest BCUT2D eigenvalue weighted by molar-refractivity contribution is -0.146. The van der Waals surface area contributed by atoms with Gasteiger partial charge in [0.25, 0.3) is 0 Å². The van der Waals surface area contributed by atoms with Crippen molar-refractivity contribution in [1.29, 1.82) is 0 Å². The van der Waals surface area contributed by atoms with Gasteiger partial charge in [0.2, 0.25) is 0 Å². The molecule has 0 fully saturated rings. The van der Waals surface area contributed by atoms with Crippen LogP contribution in [0.1, 0.15) is 105 Å². The van der Waals surface area contributed by atoms with Crippen LogP contribution in [0.15, 0.2) is 48.6 Å². The van der Waals surface area contributed by atoms with E-state index in [-0.39, 0.29) is 50.3 Å². The number of ether oxygens (including phenoxy) is 12. The van der Waals surface area contributed by atoms with Crippen molar-refractivity contribution < 1.29 is 76.0 Å². The van der Waals surface area contributed by atoms with E-state index in [4.69, 9.17) is 56.8 Å². The van der Waals surface area contributed by atoms with Crippen molar-refractivity contribution in [3.05, 3.63) is 48.6 Å². The molecule has 0 atom stereocenters. The number of carbonyl (C=O) groups is 4. The molecule has 0 aromatic heterocycles. The first-order valence-corrected chi connectivity index (χ1v) is 27.9. The quantitative estimate of drug-likeness (QED) is 0.0301. The molecule has 0 bridgehead atoms. The summed E-state index contributed by atoms with van der Waals surface area (Å²) in [6.07, 6.45) is 24.1. The fraction of sp³-hybridized carbons (Fsp3) is 0.786. The molecule has 75 heavy (non-hydrogen) atoms. The maximum atomic E-state index is 11.9. The van der Waals surface area contributed by atoms with Crippen LogP contribution in [-0.2, 0) is 76.0 Å². The number of hydrogen-bond donors (Lipinski definition) is 1. The predicted octanol–water partition coefficient (Wildman–Crippen LogP) is 6.47. The molecule has 0 radical (unpaired) electrons. The smallest absolute Gasteiger partial charge is 0.306 e. The summed E-state index contributed by atoms with van der Waals surface area (Å²) >= 11 is 0. The monoisotopic (exact) mass is 1070 g/mol. The van der Waals surface area contributed by atoms with Crippen molar-refractivity contribution in [1.82, 2.24) is 15.1 Å². The molecule has 0 aromatic carbocycles. The molecule has 0 aliphatic rings. The largest absolute Gasteiger partial charge is 0.463 e. The first-order chi connectivity index (χ1) is 36.9. The van der Waals surface area contributed by atoms with Crippen LogP contribution in [0.5, 0.6) is 0 Å². The van der Waals surface area contributed by atoms with Gasteiger partial charge in [-0.05, 0) is 51.4 Å². The van der Waals surface area contributed by atoms with Crippen LogP contribution in [0.3, 0.4) is 0 Å². The van der Waals surface area contributed by atoms with Crippen LogP contribution in [0.25, 0.3) is 0 Å². The zero-order chi connectivity index (χ0) is 54.6. The normalized spacial score (nSPS) is 11.9. The van der Waals surface area contributed by atoms with Crippen molar-refractivity contribution in [2.75, 3.05) is 184 Å². The Morgan fingerprint density at radius 1 is 0.293 bits per heavy atom. The fourth-order valence-corrected chi connectivity index (χ4v) is 6.42. The van der Waals surface area contributed by atoms with Crippen LogP contribution in [0.2, 0.25) is 0 Å². The van der Waals surface area contributed by atoms with Gasteiger partial charge in [0.15, 0.2) is 0 Å². The molecule has 0 amide bonds. The van der Waals surface area contributed by atoms with E-state index in [1.807, 2.05) is 48.6 Å². The second-order valence-corrected chi connectivity index (χ2v) is 16.9. The topological polar surface area (TPSA) is 198 Å². The van der Waals surface area contributed by atoms with Gasteiger partial charge in [-0.1, -0.05) is 76.3 Å². The minimum atomic E-state index is -0.226. The molecule has 0 aliphatic heterocycles. The standard InChI is InChI=1S/C56H101N3O16/c1-5-9-13-17-21-53(60)72-49-45-68-41-37-64-33-29-58(30-34-65-38-42-69-46-50-73-54(61)22-18-14-10-6-2)27-25-57-26-28-59(31-35-66-39-43-70-47-51-74-55(62)23-19-15-11-7-3)32-36-67-40-44-71-48-52-75-56(63)24-20-16-12-8-4/h9-16,57H,5-8,17-52H2,1-4H3/b13-9-,14-10-,15-11-,16-12-. The summed E-state index contributed by atoms with van der Waals surface area (Å²) in [6, 6.07) is 0. The molecule has 0 unspecified atom stereocenters. The highest BCUT2D eigenvalue weighted by atomic mass is 16.6. The Labute approximate surface area is 451 Å². The number of allylic oxidation sites excluding steroid dienone is 8. The van der Waals surface area contributed by atoms with Crippen LogP contribution < -0.4 is 5.32 Å². The summed E-state index contributed by atoms with van der Waals surface area (Å²) in [4.78, 5) is 52.0. The number of nitrogens with zero attached hydrogens (tertiary/aromatic N) is 2. The van der Waals surface area contributed by atoms with Gasteiger partial charge in [0.1, 0.15) is 26.4 Å². The SMILES string of the molecule is CC/C=C\CCC(=O)OCCOCCOCCN(CCNCCN(CCOCCOCCOC(=O)CC/C=C\CC)CCOCCOCCOC(=O)CC/C=C\CC)CCOCCOCCOC(=O)CC/C=C\CC. The van der Waals surface area contributed by atoms with Gasteiger partial charge < -0.3 is 62.2 Å². The Morgan fingerprint density at radius 3 is 0.733 bits per heavy atom. The summed E-state index contributed by atoms with van der Waals surface area (Å²) in [5.41, 5.74) is 0. The van der Waals surface area contributed by atoms with E-state index in [1.54, 1.807) is 0 Å². The van der Waals surface area contributed by atoms with E-state index in [0.29, 0.717) is 183 Å². The third kappa shape index (κ3) is 56.4. The second kappa shape index (κ2) is 59.6. The van der Waals surface area contributed by atoms with Crippen LogP contribution in [0.4, 0.5) is 0 Å². The molecule has 19 heteroatoms. The zero-order valence-electron chi connectivity index (χ0n) is 46.8. The van der Waals surface area contributed by atoms with E-state index in [2.05, 4.69) is 42.8 Å². The Bertz CT molecular complexity index is 1220. The lowest BCUT2D eigenvalue weighted by Gasteiger charge is -2.24. The summed E-state index contributed by atoms with van der Waals surface area (Å²) in [6.45, 7) is 21.6. The molecule has 0 aliphatic carbocycles. The lowest BCUT2D eigenvalue weighted by atomic mass is 10.3. The van der Waals surface area contributed by atoms with Crippen molar-refractivity contribution in [3.63, 3.8) is 0 Å². The molecule has 0 spiro atoms. The minimum absolute atomic E-state index is 0.220. The van der Waals surface area contributed by atoms with Crippen molar-refractivity contribution in [2.24, 2.45) is 0 Å². The Morgan fingerprint density at radius 2 is 0.507 bits per heavy atom. The van der Waals surface area contributed by atoms with Crippen molar-refractivity contribution in [3.8, 4) is 0 Å². The fourth-order valence-electron chi connectivity index (χ4n) is 6.42. The molecule has 0 heterocycles. The van der Waals surface area contributed by atoms with Crippen molar-refractivity contribution >= 4 is 23.9 Å². The van der Waals surface area contributed by atoms with Gasteiger partial charge in [-0.15, -0.1) is 0 Å². The molecule has 436 valence electrons. The van der Waals surface area contributed by atoms with E-state index in [0.717, 1.165) is 51.9 Å². The number of nitrogens with one attached hydrogen (secondary N) is 1. The Hall–Kier alpha value is -3.60. The summed E-state index contributed by atoms with van der Waals surface area (Å²) in [5, 5.41) is 3.58. The minimum Gasteiger partial charge on any atom is -0.463 e. The summed E-state index contributed by atoms with van der Waals surface area (Å²) in [5.74, 6) is -0.904. The third-order valence-electron chi connectivity index (χ3n) is 10.5. The van der Waals surface area contributed by atoms with Crippen molar-refractivity contribution in [2.45, 2.75) is 105 Å². The lowest BCUT2D eigenvalue weighted by Crippen LogP contribution is -2.40. The number of rotatable bonds is 58. The molecule has 0 rings (SSSR count). The van der Waals surface area contributed by atoms with E-state index < -0.39 is 0 Å². The van der Waals surface area contributed by atoms with E-state index in [1.165, 1.54) is 0 Å². The second-order valence-electron chi connectivity index (χ2n) is 16.9.